The zero-order valence-electron chi connectivity index (χ0n) is 15.3. The van der Waals surface area contributed by atoms with Crippen molar-refractivity contribution in [2.24, 2.45) is 0 Å². The van der Waals surface area contributed by atoms with Crippen LogP contribution in [-0.4, -0.2) is 65.9 Å². The van der Waals surface area contributed by atoms with Crippen molar-refractivity contribution in [3.8, 4) is 0 Å². The van der Waals surface area contributed by atoms with E-state index >= 15 is 0 Å². The van der Waals surface area contributed by atoms with Crippen LogP contribution in [0.5, 0.6) is 0 Å². The third kappa shape index (κ3) is 5.47. The molecule has 2 heterocycles. The van der Waals surface area contributed by atoms with Gasteiger partial charge < -0.3 is 15.0 Å². The number of likely N-dealkylation sites (tertiary alicyclic amines) is 1. The van der Waals surface area contributed by atoms with Gasteiger partial charge in [-0.05, 0) is 26.7 Å². The Morgan fingerprint density at radius 3 is 2.52 bits per heavy atom. The molecule has 0 unspecified atom stereocenters. The van der Waals surface area contributed by atoms with Gasteiger partial charge in [-0.25, -0.2) is 4.79 Å². The molecular formula is C18H29N3O4. The topological polar surface area (TPSA) is 79.0 Å². The molecule has 140 valence electrons. The zero-order chi connectivity index (χ0) is 18.4. The largest absolute Gasteiger partial charge is 0.441 e. The monoisotopic (exact) mass is 351 g/mol. The van der Waals surface area contributed by atoms with Gasteiger partial charge in [0.2, 0.25) is 5.91 Å². The number of piperidine rings is 1. The number of amides is 2. The van der Waals surface area contributed by atoms with Crippen LogP contribution >= 0.6 is 0 Å². The molecule has 0 aromatic heterocycles. The van der Waals surface area contributed by atoms with E-state index in [9.17, 15) is 14.4 Å². The summed E-state index contributed by atoms with van der Waals surface area (Å²) in [7, 11) is 0. The maximum Gasteiger partial charge on any atom is 0.410 e. The van der Waals surface area contributed by atoms with Crippen molar-refractivity contribution in [3.05, 3.63) is 12.3 Å². The summed E-state index contributed by atoms with van der Waals surface area (Å²) in [5.41, 5.74) is 0.409. The van der Waals surface area contributed by atoms with Gasteiger partial charge in [0.1, 0.15) is 11.4 Å². The second-order valence-electron chi connectivity index (χ2n) is 7.15. The van der Waals surface area contributed by atoms with Crippen LogP contribution in [-0.2, 0) is 14.3 Å². The van der Waals surface area contributed by atoms with E-state index in [0.29, 0.717) is 38.9 Å². The third-order valence-electron chi connectivity index (χ3n) is 4.73. The van der Waals surface area contributed by atoms with Crippen molar-refractivity contribution in [1.29, 1.82) is 0 Å². The molecule has 0 bridgehead atoms. The molecule has 2 fully saturated rings. The van der Waals surface area contributed by atoms with Crippen LogP contribution in [0, 0.1) is 0 Å². The number of hydrogen-bond acceptors (Lipinski definition) is 5. The molecule has 0 aromatic carbocycles. The SMILES string of the molecule is C=C(C)NCCCCC(=O)N1CCC2(CC1)CN(CC(C)=O)C(=O)O2. The van der Waals surface area contributed by atoms with E-state index in [1.54, 1.807) is 0 Å². The normalized spacial score (nSPS) is 19.0. The van der Waals surface area contributed by atoms with E-state index in [-0.39, 0.29) is 18.2 Å². The maximum atomic E-state index is 12.3. The first-order chi connectivity index (χ1) is 11.8. The van der Waals surface area contributed by atoms with Gasteiger partial charge >= 0.3 is 6.09 Å². The van der Waals surface area contributed by atoms with Crippen LogP contribution in [0.15, 0.2) is 12.3 Å². The molecule has 1 N–H and O–H groups in total. The number of nitrogens with one attached hydrogen (secondary N) is 1. The number of nitrogens with zero attached hydrogens (tertiary/aromatic N) is 2. The lowest BCUT2D eigenvalue weighted by Crippen LogP contribution is -2.48. The van der Waals surface area contributed by atoms with E-state index in [4.69, 9.17) is 4.74 Å². The molecule has 0 aromatic rings. The van der Waals surface area contributed by atoms with Crippen LogP contribution in [0.3, 0.4) is 0 Å². The van der Waals surface area contributed by atoms with Crippen molar-refractivity contribution in [3.63, 3.8) is 0 Å². The minimum atomic E-state index is -0.533. The molecule has 25 heavy (non-hydrogen) atoms. The van der Waals surface area contributed by atoms with Crippen LogP contribution in [0.4, 0.5) is 4.79 Å². The third-order valence-corrected chi connectivity index (χ3v) is 4.73. The van der Waals surface area contributed by atoms with E-state index in [2.05, 4.69) is 11.9 Å². The quantitative estimate of drug-likeness (QED) is 0.673. The van der Waals surface area contributed by atoms with E-state index in [1.165, 1.54) is 11.8 Å². The van der Waals surface area contributed by atoms with Crippen LogP contribution < -0.4 is 5.32 Å². The molecule has 2 saturated heterocycles. The van der Waals surface area contributed by atoms with E-state index in [1.807, 2.05) is 11.8 Å². The Morgan fingerprint density at radius 2 is 1.92 bits per heavy atom. The first-order valence-electron chi connectivity index (χ1n) is 8.96. The lowest BCUT2D eigenvalue weighted by Gasteiger charge is -2.37. The number of allylic oxidation sites excluding steroid dienone is 1. The first-order valence-corrected chi connectivity index (χ1v) is 8.96. The van der Waals surface area contributed by atoms with Gasteiger partial charge in [0.05, 0.1) is 13.1 Å². The smallest absolute Gasteiger partial charge is 0.410 e. The summed E-state index contributed by atoms with van der Waals surface area (Å²) < 4.78 is 5.55. The van der Waals surface area contributed by atoms with Crippen molar-refractivity contribution in [1.82, 2.24) is 15.1 Å². The molecule has 2 aliphatic rings. The number of rotatable bonds is 8. The van der Waals surface area contributed by atoms with Crippen LogP contribution in [0.2, 0.25) is 0 Å². The summed E-state index contributed by atoms with van der Waals surface area (Å²) in [5.74, 6) is 0.109. The molecule has 2 aliphatic heterocycles. The fraction of sp³-hybridized carbons (Fsp3) is 0.722. The molecule has 0 atom stereocenters. The highest BCUT2D eigenvalue weighted by atomic mass is 16.6. The maximum absolute atomic E-state index is 12.3. The molecular weight excluding hydrogens is 322 g/mol. The van der Waals surface area contributed by atoms with Gasteiger partial charge in [0.25, 0.3) is 0 Å². The highest BCUT2D eigenvalue weighted by Crippen LogP contribution is 2.33. The van der Waals surface area contributed by atoms with Gasteiger partial charge in [-0.3, -0.25) is 14.5 Å². The molecule has 1 spiro atoms. The van der Waals surface area contributed by atoms with Gasteiger partial charge in [0.15, 0.2) is 0 Å². The Bertz CT molecular complexity index is 538. The van der Waals surface area contributed by atoms with Crippen LogP contribution in [0.25, 0.3) is 0 Å². The van der Waals surface area contributed by atoms with Crippen molar-refractivity contribution < 1.29 is 19.1 Å². The molecule has 0 aliphatic carbocycles. The van der Waals surface area contributed by atoms with E-state index in [0.717, 1.165) is 25.1 Å². The predicted molar refractivity (Wildman–Crippen MR) is 93.9 cm³/mol. The summed E-state index contributed by atoms with van der Waals surface area (Å²) in [6.07, 6.45) is 3.18. The number of ether oxygens (including phenoxy) is 1. The van der Waals surface area contributed by atoms with E-state index < -0.39 is 11.7 Å². The van der Waals surface area contributed by atoms with Gasteiger partial charge in [0, 0.05) is 44.6 Å². The lowest BCUT2D eigenvalue weighted by molar-refractivity contribution is -0.134. The highest BCUT2D eigenvalue weighted by Gasteiger charge is 2.47. The van der Waals surface area contributed by atoms with Gasteiger partial charge in [-0.2, -0.15) is 0 Å². The number of Topliss-reactive ketones (excluding diaryl/α,β-unsaturated/α-hetero) is 1. The minimum absolute atomic E-state index is 0.0530. The fourth-order valence-corrected chi connectivity index (χ4v) is 3.37. The molecule has 0 saturated carbocycles. The second kappa shape index (κ2) is 8.36. The number of hydrogen-bond donors (Lipinski definition) is 1. The zero-order valence-corrected chi connectivity index (χ0v) is 15.3. The molecule has 7 heteroatoms. The molecule has 2 rings (SSSR count). The number of carbonyl (C=O) groups excluding carboxylic acids is 3. The average molecular weight is 351 g/mol. The van der Waals surface area contributed by atoms with Crippen molar-refractivity contribution in [2.75, 3.05) is 32.7 Å². The molecule has 7 nitrogen and oxygen atoms in total. The predicted octanol–water partition coefficient (Wildman–Crippen LogP) is 1.68. The van der Waals surface area contributed by atoms with Crippen LogP contribution in [0.1, 0.15) is 46.0 Å². The Morgan fingerprint density at radius 1 is 1.24 bits per heavy atom. The first kappa shape index (κ1) is 19.3. The lowest BCUT2D eigenvalue weighted by atomic mass is 9.91. The molecule has 0 radical (unpaired) electrons. The summed E-state index contributed by atoms with van der Waals surface area (Å²) in [6, 6.07) is 0. The van der Waals surface area contributed by atoms with Crippen molar-refractivity contribution >= 4 is 17.8 Å². The summed E-state index contributed by atoms with van der Waals surface area (Å²) >= 11 is 0. The Labute approximate surface area is 149 Å². The number of unbranched alkanes of at least 4 members (excludes halogenated alkanes) is 1. The Balaban J connectivity index is 1.72. The molecule has 2 amide bonds. The number of carbonyl (C=O) groups is 3. The summed E-state index contributed by atoms with van der Waals surface area (Å²) in [5, 5.41) is 3.16. The minimum Gasteiger partial charge on any atom is -0.441 e. The second-order valence-corrected chi connectivity index (χ2v) is 7.15. The Hall–Kier alpha value is -2.05. The standard InChI is InChI=1S/C18H29N3O4/c1-14(2)19-9-5-4-6-16(23)20-10-7-18(8-11-20)13-21(12-15(3)22)17(24)25-18/h19H,1,4-13H2,2-3H3. The highest BCUT2D eigenvalue weighted by molar-refractivity contribution is 5.83. The fourth-order valence-electron chi connectivity index (χ4n) is 3.37. The van der Waals surface area contributed by atoms with Gasteiger partial charge in [-0.15, -0.1) is 0 Å². The summed E-state index contributed by atoms with van der Waals surface area (Å²) in [4.78, 5) is 38.8. The number of ketones is 1. The average Bonchev–Trinajstić information content (AvgIpc) is 2.82. The van der Waals surface area contributed by atoms with Crippen molar-refractivity contribution in [2.45, 2.75) is 51.6 Å². The Kier molecular flexibility index (Phi) is 6.45. The summed E-state index contributed by atoms with van der Waals surface area (Å²) in [6.45, 7) is 9.75. The van der Waals surface area contributed by atoms with Gasteiger partial charge in [-0.1, -0.05) is 6.58 Å².